The number of aliphatic carboxylic acids is 1. The number of amides is 1. The Kier molecular flexibility index (Phi) is 6.18. The number of benzene rings is 2. The molecule has 5 atom stereocenters. The van der Waals surface area contributed by atoms with Crippen LogP contribution in [0.2, 0.25) is 0 Å². The molecule has 2 aromatic carbocycles. The molecule has 236 valence electrons. The third kappa shape index (κ3) is 4.01. The fourth-order valence-electron chi connectivity index (χ4n) is 8.83. The van der Waals surface area contributed by atoms with Crippen LogP contribution in [0.5, 0.6) is 11.5 Å². The first kappa shape index (κ1) is 28.2. The Bertz CT molecular complexity index is 1780. The highest BCUT2D eigenvalue weighted by molar-refractivity contribution is 6.08. The zero-order valence-electron chi connectivity index (χ0n) is 24.9. The standard InChI is InChI=1S/C33H38N6O6/c34-31(35)36-11-2-5-21(30(42)43)37-29(41)19-4-1-3-18-20-14-33(44)23-13-17-8-9-22(40)27-24(17)32(33,10-12-39(23)15-16-6-7-16)28(45-27)26(20)38-25(18)19/h1,3-4,8-9,16,21,23,28,38,40,44H,2,5-7,10-15H2,(H,37,41)(H,42,43)(H4,34,35,36)/t21-,23+,28-,32+,33-/m1/s1. The van der Waals surface area contributed by atoms with Gasteiger partial charge in [-0.2, -0.15) is 0 Å². The number of aromatic hydroxyl groups is 1. The molecular formula is C33H38N6O6. The molecule has 2 bridgehead atoms. The number of carboxylic acids is 1. The van der Waals surface area contributed by atoms with Crippen molar-refractivity contribution >= 4 is 28.7 Å². The lowest BCUT2D eigenvalue weighted by molar-refractivity contribution is -0.173. The predicted molar refractivity (Wildman–Crippen MR) is 165 cm³/mol. The number of aliphatic hydroxyl groups is 1. The summed E-state index contributed by atoms with van der Waals surface area (Å²) in [4.78, 5) is 35.5. The van der Waals surface area contributed by atoms with Crippen LogP contribution in [0.1, 0.15) is 71.0 Å². The van der Waals surface area contributed by atoms with Gasteiger partial charge in [-0.25, -0.2) is 4.79 Å². The lowest BCUT2D eigenvalue weighted by atomic mass is 9.49. The summed E-state index contributed by atoms with van der Waals surface area (Å²) in [6, 6.07) is 7.82. The number of aromatic amines is 1. The highest BCUT2D eigenvalue weighted by Gasteiger charge is 2.73. The van der Waals surface area contributed by atoms with E-state index in [-0.39, 0.29) is 30.7 Å². The normalized spacial score (nSPS) is 28.1. The van der Waals surface area contributed by atoms with Gasteiger partial charge in [0.25, 0.3) is 5.91 Å². The average Bonchev–Trinajstić information content (AvgIpc) is 3.64. The number of nitrogens with zero attached hydrogens (tertiary/aromatic N) is 2. The Morgan fingerprint density at radius 3 is 2.80 bits per heavy atom. The summed E-state index contributed by atoms with van der Waals surface area (Å²) < 4.78 is 6.66. The number of carbonyl (C=O) groups is 2. The van der Waals surface area contributed by atoms with E-state index in [1.54, 1.807) is 18.2 Å². The Labute approximate surface area is 259 Å². The van der Waals surface area contributed by atoms with Gasteiger partial charge < -0.3 is 41.8 Å². The molecule has 12 nitrogen and oxygen atoms in total. The van der Waals surface area contributed by atoms with Gasteiger partial charge in [-0.3, -0.25) is 14.7 Å². The largest absolute Gasteiger partial charge is 0.504 e. The van der Waals surface area contributed by atoms with Crippen molar-refractivity contribution in [3.05, 3.63) is 58.3 Å². The van der Waals surface area contributed by atoms with Crippen molar-refractivity contribution in [3.8, 4) is 11.5 Å². The second-order valence-electron chi connectivity index (χ2n) is 13.5. The maximum absolute atomic E-state index is 13.6. The zero-order chi connectivity index (χ0) is 31.2. The van der Waals surface area contributed by atoms with E-state index in [0.717, 1.165) is 40.9 Å². The van der Waals surface area contributed by atoms with Gasteiger partial charge in [0.2, 0.25) is 0 Å². The van der Waals surface area contributed by atoms with E-state index in [4.69, 9.17) is 16.2 Å². The number of carbonyl (C=O) groups excluding carboxylic acids is 1. The van der Waals surface area contributed by atoms with Crippen LogP contribution in [0.15, 0.2) is 35.3 Å². The number of aromatic nitrogens is 1. The van der Waals surface area contributed by atoms with Crippen LogP contribution >= 0.6 is 0 Å². The van der Waals surface area contributed by atoms with E-state index in [0.29, 0.717) is 48.4 Å². The van der Waals surface area contributed by atoms with Gasteiger partial charge in [0.05, 0.1) is 27.8 Å². The SMILES string of the molecule is NC(N)=NCCC[C@@H](NC(=O)c1cccc2c3c([nH]c12)[C@H]1Oc2c(O)ccc4c2[C@@]12CCN(CC1CC1)[C@@H](C4)[C@]2(O)C3)C(=O)O. The molecule has 9 N–H and O–H groups in total. The molecule has 1 aromatic heterocycles. The molecule has 0 radical (unpaired) electrons. The Morgan fingerprint density at radius 1 is 1.22 bits per heavy atom. The van der Waals surface area contributed by atoms with E-state index < -0.39 is 35.0 Å². The summed E-state index contributed by atoms with van der Waals surface area (Å²) in [7, 11) is 0. The lowest BCUT2D eigenvalue weighted by Crippen LogP contribution is -2.74. The Hall–Kier alpha value is -4.29. The van der Waals surface area contributed by atoms with Gasteiger partial charge >= 0.3 is 5.97 Å². The number of likely N-dealkylation sites (tertiary alicyclic amines) is 1. The molecule has 1 saturated carbocycles. The zero-order valence-corrected chi connectivity index (χ0v) is 24.9. The summed E-state index contributed by atoms with van der Waals surface area (Å²) in [5.41, 5.74) is 13.4. The number of phenolic OH excluding ortho intramolecular Hbond substituents is 1. The van der Waals surface area contributed by atoms with Crippen LogP contribution in [0.25, 0.3) is 10.9 Å². The molecule has 1 amide bonds. The number of H-pyrrole nitrogens is 1. The van der Waals surface area contributed by atoms with E-state index in [2.05, 4.69) is 20.2 Å². The van der Waals surface area contributed by atoms with Gasteiger partial charge in [-0.15, -0.1) is 0 Å². The number of aliphatic imine (C=N–C) groups is 1. The highest BCUT2D eigenvalue weighted by Crippen LogP contribution is 2.69. The number of rotatable bonds is 9. The molecule has 12 heteroatoms. The summed E-state index contributed by atoms with van der Waals surface area (Å²) in [5, 5.41) is 37.3. The quantitative estimate of drug-likeness (QED) is 0.107. The molecule has 5 aliphatic rings. The molecule has 1 spiro atoms. The number of hydrogen-bond donors (Lipinski definition) is 7. The van der Waals surface area contributed by atoms with E-state index in [9.17, 15) is 24.9 Å². The molecule has 2 aliphatic heterocycles. The minimum Gasteiger partial charge on any atom is -0.504 e. The van der Waals surface area contributed by atoms with Gasteiger partial charge in [0, 0.05) is 36.5 Å². The minimum absolute atomic E-state index is 0.0658. The summed E-state index contributed by atoms with van der Waals surface area (Å²) in [5.74, 6) is -0.558. The van der Waals surface area contributed by atoms with Crippen molar-refractivity contribution in [3.63, 3.8) is 0 Å². The molecule has 8 rings (SSSR count). The van der Waals surface area contributed by atoms with Crippen molar-refractivity contribution in [1.29, 1.82) is 0 Å². The first-order valence-electron chi connectivity index (χ1n) is 15.8. The van der Waals surface area contributed by atoms with Crippen LogP contribution in [0, 0.1) is 5.92 Å². The maximum Gasteiger partial charge on any atom is 0.326 e. The number of para-hydroxylation sites is 1. The highest BCUT2D eigenvalue weighted by atomic mass is 16.5. The molecule has 3 aromatic rings. The number of piperidine rings is 1. The van der Waals surface area contributed by atoms with Gasteiger partial charge in [-0.1, -0.05) is 18.2 Å². The number of phenols is 1. The monoisotopic (exact) mass is 614 g/mol. The Morgan fingerprint density at radius 2 is 2.04 bits per heavy atom. The number of nitrogens with two attached hydrogens (primary N) is 2. The number of carboxylic acid groups (broad SMARTS) is 1. The fourth-order valence-corrected chi connectivity index (χ4v) is 8.83. The van der Waals surface area contributed by atoms with E-state index >= 15 is 0 Å². The van der Waals surface area contributed by atoms with Crippen molar-refractivity contribution in [2.24, 2.45) is 22.4 Å². The van der Waals surface area contributed by atoms with Gasteiger partial charge in [0.15, 0.2) is 23.6 Å². The second kappa shape index (κ2) is 9.85. The van der Waals surface area contributed by atoms with Gasteiger partial charge in [0.1, 0.15) is 6.04 Å². The van der Waals surface area contributed by atoms with Crippen molar-refractivity contribution in [2.45, 2.75) is 74.1 Å². The van der Waals surface area contributed by atoms with Crippen LogP contribution < -0.4 is 21.5 Å². The summed E-state index contributed by atoms with van der Waals surface area (Å²) in [6.45, 7) is 2.06. The van der Waals surface area contributed by atoms with Crippen molar-refractivity contribution in [1.82, 2.24) is 15.2 Å². The van der Waals surface area contributed by atoms with E-state index in [1.807, 2.05) is 12.1 Å². The number of hydrogen-bond acceptors (Lipinski definition) is 7. The first-order valence-corrected chi connectivity index (χ1v) is 15.8. The Balaban J connectivity index is 1.20. The second-order valence-corrected chi connectivity index (χ2v) is 13.5. The molecule has 3 aliphatic carbocycles. The number of nitrogens with one attached hydrogen (secondary N) is 2. The number of ether oxygens (including phenoxy) is 1. The molecule has 2 fully saturated rings. The molecule has 45 heavy (non-hydrogen) atoms. The fraction of sp³-hybridized carbons (Fsp3) is 0.485. The van der Waals surface area contributed by atoms with Crippen molar-refractivity contribution in [2.75, 3.05) is 19.6 Å². The van der Waals surface area contributed by atoms with E-state index in [1.165, 1.54) is 12.8 Å². The third-order valence-corrected chi connectivity index (χ3v) is 11.0. The third-order valence-electron chi connectivity index (χ3n) is 11.0. The number of fused-ring (bicyclic) bond motifs is 4. The summed E-state index contributed by atoms with van der Waals surface area (Å²) >= 11 is 0. The topological polar surface area (TPSA) is 200 Å². The van der Waals surface area contributed by atoms with Crippen molar-refractivity contribution < 1.29 is 29.6 Å². The summed E-state index contributed by atoms with van der Waals surface area (Å²) in [6.07, 6.45) is 4.14. The lowest BCUT2D eigenvalue weighted by Gasteiger charge is -2.62. The predicted octanol–water partition coefficient (Wildman–Crippen LogP) is 1.81. The molecular weight excluding hydrogens is 576 g/mol. The average molecular weight is 615 g/mol. The van der Waals surface area contributed by atoms with Crippen LogP contribution in [0.3, 0.4) is 0 Å². The molecule has 0 unspecified atom stereocenters. The molecule has 1 saturated heterocycles. The van der Waals surface area contributed by atoms with Crippen LogP contribution in [-0.2, 0) is 23.1 Å². The maximum atomic E-state index is 13.6. The van der Waals surface area contributed by atoms with Gasteiger partial charge in [-0.05, 0) is 74.2 Å². The van der Waals surface area contributed by atoms with Crippen LogP contribution in [0.4, 0.5) is 0 Å². The smallest absolute Gasteiger partial charge is 0.326 e. The van der Waals surface area contributed by atoms with Crippen LogP contribution in [-0.4, -0.2) is 80.4 Å². The first-order chi connectivity index (χ1) is 21.6. The molecule has 3 heterocycles. The number of guanidine groups is 1. The minimum atomic E-state index is -1.15.